The number of hydrogen-bond acceptors (Lipinski definition) is 3. The van der Waals surface area contributed by atoms with Gasteiger partial charge in [0.15, 0.2) is 0 Å². The summed E-state index contributed by atoms with van der Waals surface area (Å²) in [7, 11) is 0. The molecule has 2 aliphatic heterocycles. The number of nitrogens with zero attached hydrogens (tertiary/aromatic N) is 2. The number of carbonyl (C=O) groups is 2. The van der Waals surface area contributed by atoms with Crippen LogP contribution in [0.3, 0.4) is 0 Å². The van der Waals surface area contributed by atoms with Crippen molar-refractivity contribution in [3.63, 3.8) is 0 Å². The molecule has 0 bridgehead atoms. The molecule has 20 heavy (non-hydrogen) atoms. The van der Waals surface area contributed by atoms with Crippen molar-refractivity contribution in [3.05, 3.63) is 0 Å². The van der Waals surface area contributed by atoms with Crippen LogP contribution in [0.5, 0.6) is 0 Å². The third kappa shape index (κ3) is 2.43. The monoisotopic (exact) mass is 279 g/mol. The second kappa shape index (κ2) is 5.35. The van der Waals surface area contributed by atoms with Crippen molar-refractivity contribution in [3.8, 4) is 0 Å². The molecule has 0 unspecified atom stereocenters. The second-order valence-corrected chi connectivity index (χ2v) is 6.75. The molecule has 1 N–H and O–H groups in total. The van der Waals surface area contributed by atoms with Crippen LogP contribution in [0, 0.1) is 5.92 Å². The number of rotatable bonds is 2. The van der Waals surface area contributed by atoms with Gasteiger partial charge >= 0.3 is 6.03 Å². The van der Waals surface area contributed by atoms with Crippen LogP contribution in [0.2, 0.25) is 0 Å². The fourth-order valence-electron chi connectivity index (χ4n) is 3.70. The van der Waals surface area contributed by atoms with E-state index in [-0.39, 0.29) is 11.9 Å². The number of carbonyl (C=O) groups excluding carboxylic acids is 2. The molecule has 0 atom stereocenters. The number of hydrogen-bond donors (Lipinski definition) is 1. The maximum Gasteiger partial charge on any atom is 0.326 e. The van der Waals surface area contributed by atoms with Gasteiger partial charge < -0.3 is 5.32 Å². The zero-order valence-electron chi connectivity index (χ0n) is 12.4. The molecule has 112 valence electrons. The lowest BCUT2D eigenvalue weighted by Gasteiger charge is -2.33. The van der Waals surface area contributed by atoms with E-state index in [4.69, 9.17) is 0 Å². The van der Waals surface area contributed by atoms with Gasteiger partial charge in [-0.2, -0.15) is 0 Å². The van der Waals surface area contributed by atoms with Crippen LogP contribution < -0.4 is 5.32 Å². The van der Waals surface area contributed by atoms with E-state index in [1.807, 2.05) is 0 Å². The van der Waals surface area contributed by atoms with Crippen LogP contribution in [0.15, 0.2) is 0 Å². The highest BCUT2D eigenvalue weighted by atomic mass is 16.2. The number of nitrogens with one attached hydrogen (secondary N) is 1. The van der Waals surface area contributed by atoms with Gasteiger partial charge in [-0.25, -0.2) is 9.69 Å². The summed E-state index contributed by atoms with van der Waals surface area (Å²) in [6.07, 6.45) is 7.21. The molecule has 0 radical (unpaired) electrons. The third-order valence-electron chi connectivity index (χ3n) is 5.17. The topological polar surface area (TPSA) is 52.6 Å². The predicted octanol–water partition coefficient (Wildman–Crippen LogP) is 1.93. The molecule has 1 spiro atoms. The summed E-state index contributed by atoms with van der Waals surface area (Å²) >= 11 is 0. The Kier molecular flexibility index (Phi) is 3.71. The molecule has 2 heterocycles. The van der Waals surface area contributed by atoms with Crippen molar-refractivity contribution in [1.82, 2.24) is 15.1 Å². The molecule has 2 saturated heterocycles. The van der Waals surface area contributed by atoms with Crippen LogP contribution in [-0.4, -0.2) is 47.0 Å². The molecular formula is C15H25N3O2. The van der Waals surface area contributed by atoms with Crippen LogP contribution in [0.1, 0.15) is 51.9 Å². The quantitative estimate of drug-likeness (QED) is 0.786. The lowest BCUT2D eigenvalue weighted by molar-refractivity contribution is -0.134. The Bertz CT molecular complexity index is 396. The Morgan fingerprint density at radius 2 is 1.80 bits per heavy atom. The minimum absolute atomic E-state index is 0.0146. The number of urea groups is 1. The van der Waals surface area contributed by atoms with Crippen molar-refractivity contribution < 1.29 is 9.59 Å². The highest BCUT2D eigenvalue weighted by Gasteiger charge is 2.51. The zero-order chi connectivity index (χ0) is 14.2. The molecule has 5 heteroatoms. The Morgan fingerprint density at radius 1 is 1.15 bits per heavy atom. The summed E-state index contributed by atoms with van der Waals surface area (Å²) in [6.45, 7) is 4.72. The number of amides is 3. The maximum atomic E-state index is 12.6. The summed E-state index contributed by atoms with van der Waals surface area (Å²) in [4.78, 5) is 28.5. The molecule has 0 aromatic carbocycles. The van der Waals surface area contributed by atoms with Crippen LogP contribution in [0.25, 0.3) is 0 Å². The van der Waals surface area contributed by atoms with Crippen molar-refractivity contribution >= 4 is 11.9 Å². The Hall–Kier alpha value is -1.10. The van der Waals surface area contributed by atoms with E-state index in [2.05, 4.69) is 17.1 Å². The predicted molar refractivity (Wildman–Crippen MR) is 76.0 cm³/mol. The number of likely N-dealkylation sites (tertiary alicyclic amines) is 1. The van der Waals surface area contributed by atoms with Gasteiger partial charge in [0.05, 0.1) is 6.67 Å². The average Bonchev–Trinajstić information content (AvgIpc) is 2.67. The highest BCUT2D eigenvalue weighted by Crippen LogP contribution is 2.33. The fourth-order valence-corrected chi connectivity index (χ4v) is 3.70. The van der Waals surface area contributed by atoms with Gasteiger partial charge in [0.25, 0.3) is 5.91 Å². The van der Waals surface area contributed by atoms with Gasteiger partial charge in [0.1, 0.15) is 5.54 Å². The van der Waals surface area contributed by atoms with Crippen LogP contribution >= 0.6 is 0 Å². The minimum atomic E-state index is -0.571. The van der Waals surface area contributed by atoms with E-state index in [1.54, 1.807) is 0 Å². The molecule has 1 saturated carbocycles. The SMILES string of the molecule is CC1CCN(CN2C(=O)NC3(CCCCC3)C2=O)CC1. The Morgan fingerprint density at radius 3 is 2.45 bits per heavy atom. The first kappa shape index (κ1) is 13.9. The first-order chi connectivity index (χ1) is 9.61. The molecule has 3 fully saturated rings. The van der Waals surface area contributed by atoms with E-state index >= 15 is 0 Å². The molecule has 0 aromatic rings. The van der Waals surface area contributed by atoms with Gasteiger partial charge in [0.2, 0.25) is 0 Å². The maximum absolute atomic E-state index is 12.6. The molecule has 3 aliphatic rings. The van der Waals surface area contributed by atoms with Gasteiger partial charge in [0, 0.05) is 13.1 Å². The number of piperidine rings is 1. The summed E-state index contributed by atoms with van der Waals surface area (Å²) in [6, 6.07) is -0.185. The normalized spacial score (nSPS) is 28.1. The van der Waals surface area contributed by atoms with E-state index in [1.165, 1.54) is 11.3 Å². The Labute approximate surface area is 120 Å². The first-order valence-electron chi connectivity index (χ1n) is 7.97. The second-order valence-electron chi connectivity index (χ2n) is 6.75. The van der Waals surface area contributed by atoms with E-state index < -0.39 is 5.54 Å². The van der Waals surface area contributed by atoms with Crippen molar-refractivity contribution in [2.45, 2.75) is 57.4 Å². The zero-order valence-corrected chi connectivity index (χ0v) is 12.4. The first-order valence-corrected chi connectivity index (χ1v) is 7.97. The summed E-state index contributed by atoms with van der Waals surface area (Å²) in [5, 5.41) is 2.98. The molecule has 0 aromatic heterocycles. The van der Waals surface area contributed by atoms with Gasteiger partial charge in [-0.05, 0) is 31.6 Å². The lowest BCUT2D eigenvalue weighted by atomic mass is 9.82. The largest absolute Gasteiger partial charge is 0.326 e. The summed E-state index contributed by atoms with van der Waals surface area (Å²) < 4.78 is 0. The summed E-state index contributed by atoms with van der Waals surface area (Å²) in [5.41, 5.74) is -0.571. The van der Waals surface area contributed by atoms with Crippen molar-refractivity contribution in [2.75, 3.05) is 19.8 Å². The van der Waals surface area contributed by atoms with Gasteiger partial charge in [-0.15, -0.1) is 0 Å². The Balaban J connectivity index is 1.65. The van der Waals surface area contributed by atoms with Crippen molar-refractivity contribution in [2.24, 2.45) is 5.92 Å². The highest BCUT2D eigenvalue weighted by molar-refractivity contribution is 6.07. The summed E-state index contributed by atoms with van der Waals surface area (Å²) in [5.74, 6) is 0.778. The van der Waals surface area contributed by atoms with Crippen LogP contribution in [0.4, 0.5) is 4.79 Å². The minimum Gasteiger partial charge on any atom is -0.323 e. The molecule has 3 amide bonds. The van der Waals surface area contributed by atoms with Crippen molar-refractivity contribution in [1.29, 1.82) is 0 Å². The molecular weight excluding hydrogens is 254 g/mol. The molecule has 3 rings (SSSR count). The number of imide groups is 1. The van der Waals surface area contributed by atoms with Gasteiger partial charge in [-0.1, -0.05) is 26.2 Å². The smallest absolute Gasteiger partial charge is 0.323 e. The lowest BCUT2D eigenvalue weighted by Crippen LogP contribution is -2.49. The van der Waals surface area contributed by atoms with E-state index in [0.717, 1.165) is 57.5 Å². The van der Waals surface area contributed by atoms with E-state index in [9.17, 15) is 9.59 Å². The van der Waals surface area contributed by atoms with Crippen LogP contribution in [-0.2, 0) is 4.79 Å². The third-order valence-corrected chi connectivity index (χ3v) is 5.17. The molecule has 5 nitrogen and oxygen atoms in total. The average molecular weight is 279 g/mol. The standard InChI is InChI=1S/C15H25N3O2/c1-12-5-9-17(10-6-12)11-18-13(19)15(16-14(18)20)7-3-2-4-8-15/h12H,2-11H2,1H3,(H,16,20). The van der Waals surface area contributed by atoms with Gasteiger partial charge in [-0.3, -0.25) is 9.69 Å². The fraction of sp³-hybridized carbons (Fsp3) is 0.867. The van der Waals surface area contributed by atoms with E-state index in [0.29, 0.717) is 6.67 Å². The molecule has 1 aliphatic carbocycles.